The van der Waals surface area contributed by atoms with E-state index in [0.717, 1.165) is 48.5 Å². The first-order valence-corrected chi connectivity index (χ1v) is 12.5. The summed E-state index contributed by atoms with van der Waals surface area (Å²) in [5, 5.41) is 114. The summed E-state index contributed by atoms with van der Waals surface area (Å²) in [6.07, 6.45) is 0. The summed E-state index contributed by atoms with van der Waals surface area (Å²) in [7, 11) is 0. The first-order valence-electron chi connectivity index (χ1n) is 12.5. The second-order valence-electron chi connectivity index (χ2n) is 9.63. The fraction of sp³-hybridized carbons (Fsp3) is 0. The van der Waals surface area contributed by atoms with Gasteiger partial charge in [-0.15, -0.1) is 0 Å². The van der Waals surface area contributed by atoms with Gasteiger partial charge in [-0.3, -0.25) is 9.59 Å². The molecular weight excluding hydrogens is 880 g/mol. The SMILES string of the molecule is O=c1c(O)c(-c2cc(O)c(O)c([OH2+])c2)oc2cc(O)cc(O)c12.O=c1c([O-])c(-c2cc(O)c(O)c(O)c2)oc2cc(O)cc(O)c12.[OH-].[OH-].[Th+4]. The van der Waals surface area contributed by atoms with E-state index in [4.69, 9.17) is 13.9 Å². The van der Waals surface area contributed by atoms with E-state index in [1.165, 1.54) is 0 Å². The van der Waals surface area contributed by atoms with E-state index < -0.39 is 79.5 Å². The minimum atomic E-state index is -1.12. The van der Waals surface area contributed by atoms with Crippen LogP contribution in [-0.4, -0.2) is 67.1 Å². The Balaban J connectivity index is 0.000000321. The summed E-state index contributed by atoms with van der Waals surface area (Å²) in [6, 6.07) is 7.82. The molecule has 2 aromatic heterocycles. The van der Waals surface area contributed by atoms with Crippen LogP contribution in [0, 0.1) is 39.9 Å². The molecule has 0 fully saturated rings. The summed E-state index contributed by atoms with van der Waals surface area (Å²) in [5.41, 5.74) is -2.67. The number of aromatic hydroxyl groups is 10. The summed E-state index contributed by atoms with van der Waals surface area (Å²) in [6.45, 7) is 0. The van der Waals surface area contributed by atoms with Crippen LogP contribution >= 0.6 is 0 Å². The molecule has 49 heavy (non-hydrogen) atoms. The molecule has 0 unspecified atom stereocenters. The van der Waals surface area contributed by atoms with Crippen LogP contribution in [-0.2, 0) is 0 Å². The van der Waals surface area contributed by atoms with E-state index in [-0.39, 0.29) is 95.8 Å². The monoisotopic (exact) mass is 902 g/mol. The van der Waals surface area contributed by atoms with Gasteiger partial charge in [0.05, 0.1) is 0 Å². The number of fused-ring (bicyclic) bond motifs is 2. The molecular formula is C30H22O18Th+2. The second-order valence-corrected chi connectivity index (χ2v) is 9.63. The molecule has 0 atom stereocenters. The molecule has 0 amide bonds. The van der Waals surface area contributed by atoms with Crippen LogP contribution in [0.15, 0.2) is 67.0 Å². The molecule has 14 N–H and O–H groups in total. The van der Waals surface area contributed by atoms with Gasteiger partial charge in [0.15, 0.2) is 34.2 Å². The number of rotatable bonds is 2. The summed E-state index contributed by atoms with van der Waals surface area (Å²) in [4.78, 5) is 24.3. The third-order valence-corrected chi connectivity index (χ3v) is 6.54. The third-order valence-electron chi connectivity index (χ3n) is 6.54. The van der Waals surface area contributed by atoms with Gasteiger partial charge in [-0.2, -0.15) is 0 Å². The van der Waals surface area contributed by atoms with Crippen LogP contribution in [0.1, 0.15) is 0 Å². The molecule has 18 nitrogen and oxygen atoms in total. The zero-order valence-corrected chi connectivity index (χ0v) is 28.1. The van der Waals surface area contributed by atoms with Gasteiger partial charge in [-0.05, 0) is 23.9 Å². The molecule has 0 aliphatic carbocycles. The number of hydrogen-bond donors (Lipinski definition) is 10. The van der Waals surface area contributed by atoms with E-state index in [1.807, 2.05) is 0 Å². The van der Waals surface area contributed by atoms with Crippen LogP contribution in [0.25, 0.3) is 44.6 Å². The summed E-state index contributed by atoms with van der Waals surface area (Å²) >= 11 is 0. The molecule has 0 radical (unpaired) electrons. The van der Waals surface area contributed by atoms with Crippen LogP contribution in [0.5, 0.6) is 69.0 Å². The third kappa shape index (κ3) is 7.05. The Kier molecular flexibility index (Phi) is 11.6. The van der Waals surface area contributed by atoms with Crippen molar-refractivity contribution in [2.75, 3.05) is 0 Å². The van der Waals surface area contributed by atoms with E-state index in [2.05, 4.69) is 0 Å². The molecule has 6 aromatic rings. The number of phenolic OH excluding ortho intramolecular Hbond substituents is 9. The maximum atomic E-state index is 12.2. The quantitative estimate of drug-likeness (QED) is 0.0879. The van der Waals surface area contributed by atoms with Gasteiger partial charge in [0.25, 0.3) is 5.75 Å². The fourth-order valence-corrected chi connectivity index (χ4v) is 4.41. The molecule has 0 saturated heterocycles. The Hall–Kier alpha value is -5.86. The average Bonchev–Trinajstić information content (AvgIpc) is 2.97. The number of hydrogen-bond acceptors (Lipinski definition) is 17. The van der Waals surface area contributed by atoms with Gasteiger partial charge in [-0.1, -0.05) is 0 Å². The van der Waals surface area contributed by atoms with E-state index in [9.17, 15) is 65.8 Å². The zero-order valence-electron chi connectivity index (χ0n) is 24.0. The van der Waals surface area contributed by atoms with Crippen molar-refractivity contribution >= 4 is 21.9 Å². The van der Waals surface area contributed by atoms with Gasteiger partial charge >= 0.3 is 45.7 Å². The normalized spacial score (nSPS) is 10.3. The Labute approximate surface area is 302 Å². The van der Waals surface area contributed by atoms with Crippen LogP contribution in [0.4, 0.5) is 0 Å². The van der Waals surface area contributed by atoms with Crippen molar-refractivity contribution in [3.8, 4) is 91.6 Å². The molecule has 2 heterocycles. The van der Waals surface area contributed by atoms with E-state index in [0.29, 0.717) is 0 Å². The largest absolute Gasteiger partial charge is 4.00 e. The summed E-state index contributed by atoms with van der Waals surface area (Å²) in [5.74, 6) is -8.77. The molecule has 0 saturated carbocycles. The predicted octanol–water partition coefficient (Wildman–Crippen LogP) is 2.13. The smallest absolute Gasteiger partial charge is 0.870 e. The van der Waals surface area contributed by atoms with Gasteiger partial charge in [0, 0.05) is 41.5 Å². The van der Waals surface area contributed by atoms with Crippen molar-refractivity contribution in [2.24, 2.45) is 0 Å². The van der Waals surface area contributed by atoms with Crippen molar-refractivity contribution in [1.29, 1.82) is 0 Å². The molecule has 4 aromatic carbocycles. The van der Waals surface area contributed by atoms with E-state index in [1.54, 1.807) is 0 Å². The molecule has 0 aliphatic rings. The predicted molar refractivity (Wildman–Crippen MR) is 159 cm³/mol. The van der Waals surface area contributed by atoms with Crippen molar-refractivity contribution in [2.45, 2.75) is 0 Å². The van der Waals surface area contributed by atoms with Crippen LogP contribution in [0.2, 0.25) is 0 Å². The van der Waals surface area contributed by atoms with Crippen molar-refractivity contribution in [3.05, 3.63) is 69.0 Å². The molecule has 0 bridgehead atoms. The van der Waals surface area contributed by atoms with E-state index >= 15 is 0 Å². The van der Waals surface area contributed by atoms with Crippen molar-refractivity contribution in [1.82, 2.24) is 0 Å². The van der Waals surface area contributed by atoms with Gasteiger partial charge in [0.2, 0.25) is 11.2 Å². The van der Waals surface area contributed by atoms with Gasteiger partial charge < -0.3 is 81.1 Å². The topological polar surface area (TPSA) is 369 Å². The maximum Gasteiger partial charge on any atom is 4.00 e. The molecule has 0 aliphatic heterocycles. The molecule has 6 rings (SSSR count). The molecule has 19 heteroatoms. The van der Waals surface area contributed by atoms with Crippen LogP contribution in [0.3, 0.4) is 0 Å². The standard InChI is InChI=1S/2C15H10O8.2H2O.Th/c2*16-6-3-7(17)11-10(4-6)23-15(14(22)13(11)21)5-1-8(18)12(20)9(19)2-5;;;/h2*1-4,16-20,22H;2*1H2;/q;;;;+4/p-2. The first kappa shape index (κ1) is 39.3. The summed E-state index contributed by atoms with van der Waals surface area (Å²) < 4.78 is 10.6. The molecule has 0 spiro atoms. The second kappa shape index (κ2) is 14.5. The minimum Gasteiger partial charge on any atom is -0.870 e. The minimum absolute atomic E-state index is 0. The Bertz CT molecular complexity index is 2130. The Morgan fingerprint density at radius 3 is 1.39 bits per heavy atom. The number of phenols is 9. The number of benzene rings is 4. The first-order chi connectivity index (χ1) is 21.6. The Morgan fingerprint density at radius 2 is 0.918 bits per heavy atom. The van der Waals surface area contributed by atoms with Gasteiger partial charge in [-0.25, -0.2) is 0 Å². The van der Waals surface area contributed by atoms with Gasteiger partial charge in [0.1, 0.15) is 50.7 Å². The van der Waals surface area contributed by atoms with Crippen LogP contribution < -0.4 is 16.0 Å². The Morgan fingerprint density at radius 1 is 0.510 bits per heavy atom. The average molecular weight is 903 g/mol. The molecule has 252 valence electrons. The van der Waals surface area contributed by atoms with Crippen molar-refractivity contribution in [3.63, 3.8) is 0 Å². The maximum absolute atomic E-state index is 12.2. The zero-order chi connectivity index (χ0) is 33.8. The van der Waals surface area contributed by atoms with Crippen molar-refractivity contribution < 1.29 is 121 Å². The fourth-order valence-electron chi connectivity index (χ4n) is 4.41.